The minimum atomic E-state index is -4.37. The second kappa shape index (κ2) is 5.52. The summed E-state index contributed by atoms with van der Waals surface area (Å²) in [7, 11) is 0. The summed E-state index contributed by atoms with van der Waals surface area (Å²) in [4.78, 5) is 14.6. The van der Waals surface area contributed by atoms with Crippen molar-refractivity contribution in [3.05, 3.63) is 35.4 Å². The molecule has 20 heavy (non-hydrogen) atoms. The van der Waals surface area contributed by atoms with Crippen LogP contribution >= 0.6 is 0 Å². The lowest BCUT2D eigenvalue weighted by molar-refractivity contribution is -0.138. The molecule has 1 aromatic carbocycles. The molecule has 0 spiro atoms. The number of nitrogens with zero attached hydrogens (tertiary/aromatic N) is 1. The van der Waals surface area contributed by atoms with E-state index in [4.69, 9.17) is 9.84 Å². The van der Waals surface area contributed by atoms with Gasteiger partial charge < -0.3 is 9.84 Å². The molecule has 1 aliphatic heterocycles. The van der Waals surface area contributed by atoms with Crippen LogP contribution in [0, 0.1) is 0 Å². The minimum Gasteiger partial charge on any atom is -0.481 e. The van der Waals surface area contributed by atoms with Gasteiger partial charge >= 0.3 is 12.1 Å². The Balaban J connectivity index is 2.05. The van der Waals surface area contributed by atoms with Crippen LogP contribution < -0.4 is 0 Å². The summed E-state index contributed by atoms with van der Waals surface area (Å²) >= 11 is 0. The van der Waals surface area contributed by atoms with E-state index in [1.54, 1.807) is 0 Å². The molecule has 0 fully saturated rings. The van der Waals surface area contributed by atoms with Gasteiger partial charge in [-0.1, -0.05) is 0 Å². The zero-order chi connectivity index (χ0) is 14.8. The van der Waals surface area contributed by atoms with Gasteiger partial charge in [0.25, 0.3) is 0 Å². The summed E-state index contributed by atoms with van der Waals surface area (Å²) < 4.78 is 42.5. The highest BCUT2D eigenvalue weighted by molar-refractivity contribution is 5.95. The van der Waals surface area contributed by atoms with E-state index in [1.807, 2.05) is 0 Å². The first-order chi connectivity index (χ1) is 9.36. The van der Waals surface area contributed by atoms with Crippen molar-refractivity contribution in [2.75, 3.05) is 6.61 Å². The van der Waals surface area contributed by atoms with E-state index >= 15 is 0 Å². The highest BCUT2D eigenvalue weighted by Crippen LogP contribution is 2.29. The molecule has 1 aliphatic rings. The maximum absolute atomic E-state index is 12.4. The molecule has 0 radical (unpaired) electrons. The SMILES string of the molecule is O=C(O)CCC1COC(c2ccc(C(F)(F)F)cc2)=N1. The number of carboxylic acids is 1. The van der Waals surface area contributed by atoms with Crippen molar-refractivity contribution in [2.24, 2.45) is 4.99 Å². The number of alkyl halides is 3. The molecule has 0 aromatic heterocycles. The fourth-order valence-corrected chi connectivity index (χ4v) is 1.81. The summed E-state index contributed by atoms with van der Waals surface area (Å²) in [6.45, 7) is 0.254. The van der Waals surface area contributed by atoms with Gasteiger partial charge in [-0.2, -0.15) is 13.2 Å². The molecule has 4 nitrogen and oxygen atoms in total. The average molecular weight is 287 g/mol. The number of hydrogen-bond acceptors (Lipinski definition) is 3. The maximum Gasteiger partial charge on any atom is 0.416 e. The number of ether oxygens (including phenoxy) is 1. The van der Waals surface area contributed by atoms with E-state index in [1.165, 1.54) is 12.1 Å². The lowest BCUT2D eigenvalue weighted by atomic mass is 10.1. The summed E-state index contributed by atoms with van der Waals surface area (Å²) in [5.41, 5.74) is -0.280. The van der Waals surface area contributed by atoms with Crippen LogP contribution in [0.3, 0.4) is 0 Å². The third-order valence-corrected chi connectivity index (χ3v) is 2.86. The second-order valence-electron chi connectivity index (χ2n) is 4.41. The van der Waals surface area contributed by atoms with Crippen molar-refractivity contribution in [1.29, 1.82) is 0 Å². The Morgan fingerprint density at radius 2 is 2.00 bits per heavy atom. The molecule has 0 saturated heterocycles. The third kappa shape index (κ3) is 3.49. The molecule has 1 atom stereocenters. The number of benzene rings is 1. The van der Waals surface area contributed by atoms with Crippen LogP contribution in [0.1, 0.15) is 24.0 Å². The molecule has 1 N–H and O–H groups in total. The molecular weight excluding hydrogens is 275 g/mol. The molecule has 0 aliphatic carbocycles. The van der Waals surface area contributed by atoms with Gasteiger partial charge in [0.05, 0.1) is 11.6 Å². The van der Waals surface area contributed by atoms with Gasteiger partial charge in [0.15, 0.2) is 0 Å². The molecule has 0 amide bonds. The average Bonchev–Trinajstić information content (AvgIpc) is 2.84. The maximum atomic E-state index is 12.4. The second-order valence-corrected chi connectivity index (χ2v) is 4.41. The Bertz CT molecular complexity index is 523. The fraction of sp³-hybridized carbons (Fsp3) is 0.385. The number of aliphatic imine (C=N–C) groups is 1. The topological polar surface area (TPSA) is 58.9 Å². The molecule has 0 bridgehead atoms. The van der Waals surface area contributed by atoms with Crippen molar-refractivity contribution in [1.82, 2.24) is 0 Å². The van der Waals surface area contributed by atoms with Crippen LogP contribution in [0.15, 0.2) is 29.3 Å². The van der Waals surface area contributed by atoms with Crippen LogP contribution in [0.25, 0.3) is 0 Å². The zero-order valence-corrected chi connectivity index (χ0v) is 10.4. The fourth-order valence-electron chi connectivity index (χ4n) is 1.81. The smallest absolute Gasteiger partial charge is 0.416 e. The van der Waals surface area contributed by atoms with Crippen molar-refractivity contribution in [3.63, 3.8) is 0 Å². The van der Waals surface area contributed by atoms with Crippen LogP contribution in [-0.2, 0) is 15.7 Å². The Hall–Kier alpha value is -2.05. The van der Waals surface area contributed by atoms with Gasteiger partial charge in [-0.15, -0.1) is 0 Å². The number of hydrogen-bond donors (Lipinski definition) is 1. The quantitative estimate of drug-likeness (QED) is 0.926. The Morgan fingerprint density at radius 1 is 1.35 bits per heavy atom. The van der Waals surface area contributed by atoms with Crippen LogP contribution in [0.5, 0.6) is 0 Å². The van der Waals surface area contributed by atoms with Crippen molar-refractivity contribution >= 4 is 11.9 Å². The lowest BCUT2D eigenvalue weighted by Crippen LogP contribution is -2.09. The predicted molar refractivity (Wildman–Crippen MR) is 64.6 cm³/mol. The number of halogens is 3. The molecular formula is C13H12F3NO3. The summed E-state index contributed by atoms with van der Waals surface area (Å²) in [6, 6.07) is 4.25. The van der Waals surface area contributed by atoms with Gasteiger partial charge in [0.1, 0.15) is 6.61 Å². The first-order valence-corrected chi connectivity index (χ1v) is 5.96. The van der Waals surface area contributed by atoms with E-state index in [0.29, 0.717) is 12.0 Å². The zero-order valence-electron chi connectivity index (χ0n) is 10.4. The normalized spacial score (nSPS) is 18.6. The molecule has 7 heteroatoms. The monoisotopic (exact) mass is 287 g/mol. The summed E-state index contributed by atoms with van der Waals surface area (Å²) in [6.07, 6.45) is -4.04. The summed E-state index contributed by atoms with van der Waals surface area (Å²) in [5, 5.41) is 8.57. The number of carbonyl (C=O) groups is 1. The van der Waals surface area contributed by atoms with Crippen LogP contribution in [-0.4, -0.2) is 29.6 Å². The number of carboxylic acid groups (broad SMARTS) is 1. The standard InChI is InChI=1S/C13H12F3NO3/c14-13(15,16)9-3-1-8(2-4-9)12-17-10(7-20-12)5-6-11(18)19/h1-4,10H,5-7H2,(H,18,19). The first kappa shape index (κ1) is 14.4. The van der Waals surface area contributed by atoms with E-state index in [2.05, 4.69) is 4.99 Å². The molecule has 108 valence electrons. The highest BCUT2D eigenvalue weighted by Gasteiger charge is 2.30. The van der Waals surface area contributed by atoms with Gasteiger partial charge in [-0.3, -0.25) is 4.79 Å². The van der Waals surface area contributed by atoms with Crippen LogP contribution in [0.4, 0.5) is 13.2 Å². The van der Waals surface area contributed by atoms with Crippen LogP contribution in [0.2, 0.25) is 0 Å². The van der Waals surface area contributed by atoms with Crippen molar-refractivity contribution < 1.29 is 27.8 Å². The molecule has 0 saturated carbocycles. The Morgan fingerprint density at radius 3 is 2.55 bits per heavy atom. The molecule has 1 unspecified atom stereocenters. The van der Waals surface area contributed by atoms with Gasteiger partial charge in [-0.25, -0.2) is 4.99 Å². The van der Waals surface area contributed by atoms with Crippen molar-refractivity contribution in [3.8, 4) is 0 Å². The third-order valence-electron chi connectivity index (χ3n) is 2.86. The molecule has 2 rings (SSSR count). The Kier molecular flexibility index (Phi) is 3.96. The molecule has 1 heterocycles. The van der Waals surface area contributed by atoms with Gasteiger partial charge in [0.2, 0.25) is 5.90 Å². The highest BCUT2D eigenvalue weighted by atomic mass is 19.4. The predicted octanol–water partition coefficient (Wildman–Crippen LogP) is 2.72. The van der Waals surface area contributed by atoms with E-state index in [9.17, 15) is 18.0 Å². The minimum absolute atomic E-state index is 0.0161. The van der Waals surface area contributed by atoms with Gasteiger partial charge in [-0.05, 0) is 30.7 Å². The number of rotatable bonds is 4. The largest absolute Gasteiger partial charge is 0.481 e. The molecule has 1 aromatic rings. The lowest BCUT2D eigenvalue weighted by Gasteiger charge is -2.07. The summed E-state index contributed by atoms with van der Waals surface area (Å²) in [5.74, 6) is -0.655. The Labute approximate surface area is 112 Å². The first-order valence-electron chi connectivity index (χ1n) is 5.96. The van der Waals surface area contributed by atoms with E-state index < -0.39 is 17.7 Å². The van der Waals surface area contributed by atoms with Crippen molar-refractivity contribution in [2.45, 2.75) is 25.1 Å². The van der Waals surface area contributed by atoms with Gasteiger partial charge in [0, 0.05) is 12.0 Å². The van der Waals surface area contributed by atoms with E-state index in [-0.39, 0.29) is 25.0 Å². The van der Waals surface area contributed by atoms with E-state index in [0.717, 1.165) is 12.1 Å². The number of aliphatic carboxylic acids is 1.